The molecular weight excluding hydrogens is 404 g/mol. The number of nitriles is 1. The van der Waals surface area contributed by atoms with Gasteiger partial charge >= 0.3 is 0 Å². The van der Waals surface area contributed by atoms with Gasteiger partial charge in [0.25, 0.3) is 5.91 Å². The molecule has 0 bridgehead atoms. The standard InChI is InChI=1S/C18H13ClN4O2S2/c1-2-26-18-22-17(27-23-18)21-16(24)12(10-20)9-14-7-8-15(25-14)11-3-5-13(19)6-4-11/h3-9H,2H2,1H3,(H,21,22,23,24)/b12-9-. The van der Waals surface area contributed by atoms with Crippen molar-refractivity contribution in [1.82, 2.24) is 9.36 Å². The zero-order valence-electron chi connectivity index (χ0n) is 14.1. The highest BCUT2D eigenvalue weighted by Gasteiger charge is 2.14. The Hall–Kier alpha value is -2.60. The second kappa shape index (κ2) is 8.86. The van der Waals surface area contributed by atoms with Crippen molar-refractivity contribution in [2.24, 2.45) is 0 Å². The van der Waals surface area contributed by atoms with Crippen LogP contribution in [0.4, 0.5) is 5.13 Å². The van der Waals surface area contributed by atoms with Crippen LogP contribution >= 0.6 is 34.9 Å². The van der Waals surface area contributed by atoms with Crippen LogP contribution in [-0.2, 0) is 4.79 Å². The minimum atomic E-state index is -0.564. The number of carbonyl (C=O) groups excluding carboxylic acids is 1. The van der Waals surface area contributed by atoms with Gasteiger partial charge in [-0.25, -0.2) is 0 Å². The summed E-state index contributed by atoms with van der Waals surface area (Å²) in [6.07, 6.45) is 1.39. The predicted molar refractivity (Wildman–Crippen MR) is 108 cm³/mol. The van der Waals surface area contributed by atoms with Gasteiger partial charge in [0.15, 0.2) is 0 Å². The van der Waals surface area contributed by atoms with Gasteiger partial charge in [-0.15, -0.1) is 0 Å². The molecule has 6 nitrogen and oxygen atoms in total. The number of benzene rings is 1. The molecule has 0 atom stereocenters. The van der Waals surface area contributed by atoms with Gasteiger partial charge in [-0.2, -0.15) is 14.6 Å². The van der Waals surface area contributed by atoms with Crippen LogP contribution in [0.3, 0.4) is 0 Å². The number of furan rings is 1. The van der Waals surface area contributed by atoms with Gasteiger partial charge in [0.2, 0.25) is 10.3 Å². The summed E-state index contributed by atoms with van der Waals surface area (Å²) in [7, 11) is 0. The number of amides is 1. The van der Waals surface area contributed by atoms with E-state index in [1.165, 1.54) is 17.8 Å². The lowest BCUT2D eigenvalue weighted by molar-refractivity contribution is -0.112. The number of hydrogen-bond acceptors (Lipinski definition) is 7. The van der Waals surface area contributed by atoms with Crippen LogP contribution in [0.5, 0.6) is 0 Å². The van der Waals surface area contributed by atoms with E-state index >= 15 is 0 Å². The molecule has 0 radical (unpaired) electrons. The van der Waals surface area contributed by atoms with Gasteiger partial charge in [0.05, 0.1) is 0 Å². The van der Waals surface area contributed by atoms with Gasteiger partial charge in [-0.3, -0.25) is 10.1 Å². The fourth-order valence-corrected chi connectivity index (χ4v) is 3.49. The lowest BCUT2D eigenvalue weighted by atomic mass is 10.2. The van der Waals surface area contributed by atoms with Crippen LogP contribution in [-0.4, -0.2) is 21.0 Å². The van der Waals surface area contributed by atoms with E-state index in [2.05, 4.69) is 14.7 Å². The summed E-state index contributed by atoms with van der Waals surface area (Å²) in [4.78, 5) is 16.5. The molecule has 0 aliphatic rings. The van der Waals surface area contributed by atoms with E-state index < -0.39 is 5.91 Å². The summed E-state index contributed by atoms with van der Waals surface area (Å²) in [5, 5.41) is 13.5. The number of carbonyl (C=O) groups is 1. The lowest BCUT2D eigenvalue weighted by Crippen LogP contribution is -2.13. The summed E-state index contributed by atoms with van der Waals surface area (Å²) < 4.78 is 9.82. The first-order valence-electron chi connectivity index (χ1n) is 7.84. The van der Waals surface area contributed by atoms with Gasteiger partial charge in [0, 0.05) is 28.2 Å². The van der Waals surface area contributed by atoms with Gasteiger partial charge in [-0.1, -0.05) is 30.3 Å². The molecule has 1 N–H and O–H groups in total. The van der Waals surface area contributed by atoms with Crippen molar-refractivity contribution < 1.29 is 9.21 Å². The molecule has 0 aliphatic heterocycles. The number of hydrogen-bond donors (Lipinski definition) is 1. The number of aromatic nitrogens is 2. The molecule has 0 saturated carbocycles. The Morgan fingerprint density at radius 2 is 2.15 bits per heavy atom. The first kappa shape index (κ1) is 19.2. The molecule has 0 spiro atoms. The minimum Gasteiger partial charge on any atom is -0.457 e. The first-order chi connectivity index (χ1) is 13.1. The van der Waals surface area contributed by atoms with Crippen molar-refractivity contribution in [2.45, 2.75) is 12.1 Å². The maximum Gasteiger partial charge on any atom is 0.268 e. The molecule has 2 heterocycles. The van der Waals surface area contributed by atoms with Crippen molar-refractivity contribution in [2.75, 3.05) is 11.1 Å². The summed E-state index contributed by atoms with van der Waals surface area (Å²) in [6, 6.07) is 12.5. The average Bonchev–Trinajstić information content (AvgIpc) is 3.30. The zero-order valence-corrected chi connectivity index (χ0v) is 16.5. The Morgan fingerprint density at radius 1 is 1.37 bits per heavy atom. The molecule has 0 unspecified atom stereocenters. The molecule has 3 rings (SSSR count). The molecule has 0 aliphatic carbocycles. The van der Waals surface area contributed by atoms with Crippen LogP contribution in [0.1, 0.15) is 12.7 Å². The summed E-state index contributed by atoms with van der Waals surface area (Å²) in [6.45, 7) is 1.99. The topological polar surface area (TPSA) is 91.8 Å². The number of anilines is 1. The van der Waals surface area contributed by atoms with E-state index in [0.29, 0.717) is 26.8 Å². The van der Waals surface area contributed by atoms with Gasteiger partial charge < -0.3 is 4.42 Å². The molecular formula is C18H13ClN4O2S2. The van der Waals surface area contributed by atoms with E-state index in [0.717, 1.165) is 22.8 Å². The quantitative estimate of drug-likeness (QED) is 0.341. The Bertz CT molecular complexity index is 1020. The third-order valence-corrected chi connectivity index (χ3v) is 5.04. The SMILES string of the molecule is CCSc1nsc(NC(=O)/C(C#N)=C\c2ccc(-c3ccc(Cl)cc3)o2)n1. The Morgan fingerprint density at radius 3 is 2.85 bits per heavy atom. The highest BCUT2D eigenvalue weighted by molar-refractivity contribution is 7.99. The van der Waals surface area contributed by atoms with Crippen LogP contribution in [0.15, 0.2) is 51.5 Å². The van der Waals surface area contributed by atoms with Crippen molar-refractivity contribution in [3.63, 3.8) is 0 Å². The average molecular weight is 417 g/mol. The third-order valence-electron chi connectivity index (χ3n) is 3.31. The van der Waals surface area contributed by atoms with Crippen molar-refractivity contribution in [3.8, 4) is 17.4 Å². The molecule has 0 fully saturated rings. The number of nitrogens with one attached hydrogen (secondary N) is 1. The lowest BCUT2D eigenvalue weighted by Gasteiger charge is -1.99. The van der Waals surface area contributed by atoms with E-state index in [-0.39, 0.29) is 5.57 Å². The molecule has 1 aromatic carbocycles. The second-order valence-electron chi connectivity index (χ2n) is 5.15. The van der Waals surface area contributed by atoms with Crippen LogP contribution in [0.25, 0.3) is 17.4 Å². The maximum atomic E-state index is 12.3. The highest BCUT2D eigenvalue weighted by Crippen LogP contribution is 2.25. The highest BCUT2D eigenvalue weighted by atomic mass is 35.5. The molecule has 136 valence electrons. The summed E-state index contributed by atoms with van der Waals surface area (Å²) in [5.41, 5.74) is 0.753. The molecule has 2 aromatic heterocycles. The molecule has 1 amide bonds. The van der Waals surface area contributed by atoms with Crippen molar-refractivity contribution in [1.29, 1.82) is 5.26 Å². The maximum absolute atomic E-state index is 12.3. The zero-order chi connectivity index (χ0) is 19.2. The predicted octanol–water partition coefficient (Wildman–Crippen LogP) is 5.11. The number of rotatable bonds is 6. The monoisotopic (exact) mass is 416 g/mol. The molecule has 9 heteroatoms. The van der Waals surface area contributed by atoms with E-state index in [4.69, 9.17) is 16.0 Å². The normalized spacial score (nSPS) is 11.2. The van der Waals surface area contributed by atoms with E-state index in [1.54, 1.807) is 24.3 Å². The van der Waals surface area contributed by atoms with Crippen molar-refractivity contribution in [3.05, 3.63) is 52.8 Å². The number of nitrogens with zero attached hydrogens (tertiary/aromatic N) is 3. The second-order valence-corrected chi connectivity index (χ2v) is 7.57. The largest absolute Gasteiger partial charge is 0.457 e. The summed E-state index contributed by atoms with van der Waals surface area (Å²) in [5.74, 6) is 1.28. The number of halogens is 1. The molecule has 27 heavy (non-hydrogen) atoms. The Balaban J connectivity index is 1.74. The minimum absolute atomic E-state index is 0.0908. The molecule has 3 aromatic rings. The fourth-order valence-electron chi connectivity index (χ4n) is 2.10. The fraction of sp³-hybridized carbons (Fsp3) is 0.111. The number of thioether (sulfide) groups is 1. The first-order valence-corrected chi connectivity index (χ1v) is 9.98. The smallest absolute Gasteiger partial charge is 0.268 e. The van der Waals surface area contributed by atoms with E-state index in [9.17, 15) is 10.1 Å². The molecule has 0 saturated heterocycles. The van der Waals surface area contributed by atoms with E-state index in [1.807, 2.05) is 25.1 Å². The Kier molecular flexibility index (Phi) is 6.29. The third kappa shape index (κ3) is 4.98. The van der Waals surface area contributed by atoms with Crippen LogP contribution in [0.2, 0.25) is 5.02 Å². The summed E-state index contributed by atoms with van der Waals surface area (Å²) >= 11 is 8.43. The van der Waals surface area contributed by atoms with Crippen molar-refractivity contribution >= 4 is 52.0 Å². The Labute approximate surface area is 169 Å². The van der Waals surface area contributed by atoms with Crippen LogP contribution in [0, 0.1) is 11.3 Å². The van der Waals surface area contributed by atoms with Gasteiger partial charge in [0.1, 0.15) is 23.2 Å². The van der Waals surface area contributed by atoms with Gasteiger partial charge in [-0.05, 0) is 42.2 Å². The van der Waals surface area contributed by atoms with Crippen LogP contribution < -0.4 is 5.32 Å².